The minimum Gasteiger partial charge on any atom is -0.459 e. The highest BCUT2D eigenvalue weighted by Gasteiger charge is 2.44. The smallest absolute Gasteiger partial charge is 0.316 e. The molecule has 0 amide bonds. The number of rotatable bonds is 10. The number of hydrogen-bond acceptors (Lipinski definition) is 3. The van der Waals surface area contributed by atoms with E-state index < -0.39 is 11.5 Å². The van der Waals surface area contributed by atoms with Gasteiger partial charge in [-0.1, -0.05) is 79.9 Å². The Hall–Kier alpha value is -2.17. The van der Waals surface area contributed by atoms with E-state index in [4.69, 9.17) is 4.74 Å². The molecule has 1 N–H and O–H groups in total. The Bertz CT molecular complexity index is 796. The van der Waals surface area contributed by atoms with Crippen LogP contribution in [0, 0.1) is 0 Å². The summed E-state index contributed by atoms with van der Waals surface area (Å²) in [5.41, 5.74) is 1.14. The van der Waals surface area contributed by atoms with Crippen LogP contribution in [0.15, 0.2) is 60.7 Å². The molecule has 31 heavy (non-hydrogen) atoms. The third kappa shape index (κ3) is 5.96. The first-order valence-electron chi connectivity index (χ1n) is 11.8. The maximum Gasteiger partial charge on any atom is 0.316 e. The lowest BCUT2D eigenvalue weighted by Gasteiger charge is -2.39. The van der Waals surface area contributed by atoms with Crippen LogP contribution in [0.5, 0.6) is 0 Å². The van der Waals surface area contributed by atoms with Crippen molar-refractivity contribution < 1.29 is 19.1 Å². The Morgan fingerprint density at radius 2 is 1.55 bits per heavy atom. The predicted octanol–water partition coefficient (Wildman–Crippen LogP) is 5.07. The van der Waals surface area contributed by atoms with Crippen LogP contribution < -0.4 is 0 Å². The average molecular weight is 425 g/mol. The zero-order valence-electron chi connectivity index (χ0n) is 19.1. The van der Waals surface area contributed by atoms with Gasteiger partial charge in [-0.2, -0.15) is 0 Å². The molecule has 4 nitrogen and oxygen atoms in total. The molecule has 0 aliphatic heterocycles. The van der Waals surface area contributed by atoms with Crippen LogP contribution in [-0.2, 0) is 16.1 Å². The molecule has 0 saturated heterocycles. The molecule has 1 aliphatic carbocycles. The molecule has 1 atom stereocenters. The first-order chi connectivity index (χ1) is 15.0. The quantitative estimate of drug-likeness (QED) is 0.428. The zero-order valence-corrected chi connectivity index (χ0v) is 19.1. The van der Waals surface area contributed by atoms with E-state index in [1.807, 2.05) is 36.4 Å². The molecular formula is C27H38NO3+. The Kier molecular flexibility index (Phi) is 8.28. The number of carbonyl (C=O) groups excluding carboxylic acids is 1. The van der Waals surface area contributed by atoms with Gasteiger partial charge < -0.3 is 14.3 Å². The molecule has 3 rings (SSSR count). The summed E-state index contributed by atoms with van der Waals surface area (Å²) in [5, 5.41) is 11.4. The summed E-state index contributed by atoms with van der Waals surface area (Å²) in [5.74, 6) is -0.908. The molecule has 4 heteroatoms. The van der Waals surface area contributed by atoms with E-state index in [1.54, 1.807) is 0 Å². The van der Waals surface area contributed by atoms with Crippen LogP contribution in [-0.4, -0.2) is 47.4 Å². The number of likely N-dealkylation sites (N-methyl/N-ethyl adjacent to an activating group) is 1. The first-order valence-corrected chi connectivity index (χ1v) is 11.8. The number of aliphatic hydroxyl groups is 1. The fourth-order valence-electron chi connectivity index (χ4n) is 5.00. The van der Waals surface area contributed by atoms with E-state index in [-0.39, 0.29) is 5.97 Å². The molecule has 2 aromatic rings. The van der Waals surface area contributed by atoms with Crippen LogP contribution in [0.25, 0.3) is 0 Å². The maximum atomic E-state index is 13.3. The summed E-state index contributed by atoms with van der Waals surface area (Å²) in [4.78, 5) is 13.3. The van der Waals surface area contributed by atoms with Gasteiger partial charge in [-0.25, -0.2) is 0 Å². The Labute approximate surface area is 187 Å². The number of esters is 1. The number of benzene rings is 2. The Morgan fingerprint density at radius 1 is 0.968 bits per heavy atom. The van der Waals surface area contributed by atoms with Crippen molar-refractivity contribution in [1.82, 2.24) is 0 Å². The first kappa shape index (κ1) is 23.5. The number of hydrogen-bond donors (Lipinski definition) is 1. The molecule has 0 radical (unpaired) electrons. The number of carbonyl (C=O) groups is 1. The Morgan fingerprint density at radius 3 is 2.13 bits per heavy atom. The van der Waals surface area contributed by atoms with Gasteiger partial charge in [0.15, 0.2) is 0 Å². The lowest BCUT2D eigenvalue weighted by atomic mass is 9.73. The van der Waals surface area contributed by atoms with Gasteiger partial charge in [0, 0.05) is 5.56 Å². The van der Waals surface area contributed by atoms with Gasteiger partial charge >= 0.3 is 5.97 Å². The van der Waals surface area contributed by atoms with Crippen molar-refractivity contribution in [1.29, 1.82) is 0 Å². The summed E-state index contributed by atoms with van der Waals surface area (Å²) >= 11 is 0. The molecule has 168 valence electrons. The van der Waals surface area contributed by atoms with Crippen LogP contribution in [0.1, 0.15) is 63.0 Å². The lowest BCUT2D eigenvalue weighted by molar-refractivity contribution is -0.937. The SMILES string of the molecule is CC[N+](CC)(CCOC(=O)C(c1ccccc1)C1(O)CCCCC1)Cc1ccccc1. The van der Waals surface area contributed by atoms with E-state index in [0.29, 0.717) is 19.4 Å². The molecule has 0 aromatic heterocycles. The molecule has 2 aromatic carbocycles. The second-order valence-corrected chi connectivity index (χ2v) is 9.02. The molecule has 0 heterocycles. The number of ether oxygens (including phenoxy) is 1. The average Bonchev–Trinajstić information content (AvgIpc) is 2.80. The van der Waals surface area contributed by atoms with Crippen molar-refractivity contribution >= 4 is 5.97 Å². The van der Waals surface area contributed by atoms with Gasteiger partial charge in [0.05, 0.1) is 18.7 Å². The molecule has 1 saturated carbocycles. The van der Waals surface area contributed by atoms with Gasteiger partial charge in [-0.3, -0.25) is 4.79 Å². The van der Waals surface area contributed by atoms with Gasteiger partial charge in [-0.15, -0.1) is 0 Å². The van der Waals surface area contributed by atoms with Crippen molar-refractivity contribution in [2.75, 3.05) is 26.2 Å². The van der Waals surface area contributed by atoms with Crippen molar-refractivity contribution in [3.63, 3.8) is 0 Å². The highest BCUT2D eigenvalue weighted by Crippen LogP contribution is 2.40. The van der Waals surface area contributed by atoms with Crippen molar-refractivity contribution in [3.05, 3.63) is 71.8 Å². The van der Waals surface area contributed by atoms with Gasteiger partial charge in [0.25, 0.3) is 0 Å². The number of quaternary nitrogens is 1. The second kappa shape index (κ2) is 10.9. The largest absolute Gasteiger partial charge is 0.459 e. The highest BCUT2D eigenvalue weighted by atomic mass is 16.5. The van der Waals surface area contributed by atoms with Crippen LogP contribution in [0.4, 0.5) is 0 Å². The summed E-state index contributed by atoms with van der Waals surface area (Å²) < 4.78 is 6.73. The topological polar surface area (TPSA) is 46.5 Å². The van der Waals surface area contributed by atoms with Crippen molar-refractivity contribution in [2.45, 2.75) is 64.0 Å². The Balaban J connectivity index is 1.69. The fourth-order valence-corrected chi connectivity index (χ4v) is 5.00. The summed E-state index contributed by atoms with van der Waals surface area (Å²) in [6.45, 7) is 8.43. The summed E-state index contributed by atoms with van der Waals surface area (Å²) in [6, 6.07) is 20.2. The maximum absolute atomic E-state index is 13.3. The highest BCUT2D eigenvalue weighted by molar-refractivity contribution is 5.80. The monoisotopic (exact) mass is 424 g/mol. The number of nitrogens with zero attached hydrogens (tertiary/aromatic N) is 1. The minimum absolute atomic E-state index is 0.291. The van der Waals surface area contributed by atoms with Crippen molar-refractivity contribution in [2.24, 2.45) is 0 Å². The molecule has 0 bridgehead atoms. The summed E-state index contributed by atoms with van der Waals surface area (Å²) in [6.07, 6.45) is 4.33. The molecule has 1 unspecified atom stereocenters. The lowest BCUT2D eigenvalue weighted by Crippen LogP contribution is -2.49. The molecular weight excluding hydrogens is 386 g/mol. The van der Waals surface area contributed by atoms with Crippen LogP contribution in [0.2, 0.25) is 0 Å². The summed E-state index contributed by atoms with van der Waals surface area (Å²) in [7, 11) is 0. The van der Waals surface area contributed by atoms with Gasteiger partial charge in [0.2, 0.25) is 0 Å². The third-order valence-electron chi connectivity index (χ3n) is 7.14. The molecule has 0 spiro atoms. The van der Waals surface area contributed by atoms with Gasteiger partial charge in [-0.05, 0) is 32.3 Å². The standard InChI is InChI=1S/C27H38NO3/c1-3-28(4-2,22-23-14-8-5-9-15-23)20-21-31-26(29)25(24-16-10-6-11-17-24)27(30)18-12-7-13-19-27/h5-6,8-11,14-17,25,30H,3-4,7,12-13,18-22H2,1-2H3/q+1. The van der Waals surface area contributed by atoms with Gasteiger partial charge in [0.1, 0.15) is 25.6 Å². The third-order valence-corrected chi connectivity index (χ3v) is 7.14. The van der Waals surface area contributed by atoms with Crippen LogP contribution in [0.3, 0.4) is 0 Å². The second-order valence-electron chi connectivity index (χ2n) is 9.02. The van der Waals surface area contributed by atoms with E-state index >= 15 is 0 Å². The van der Waals surface area contributed by atoms with E-state index in [2.05, 4.69) is 38.1 Å². The van der Waals surface area contributed by atoms with Crippen LogP contribution >= 0.6 is 0 Å². The fraction of sp³-hybridized carbons (Fsp3) is 0.519. The zero-order chi connectivity index (χ0) is 22.2. The molecule has 1 fully saturated rings. The van der Waals surface area contributed by atoms with Crippen molar-refractivity contribution in [3.8, 4) is 0 Å². The van der Waals surface area contributed by atoms with E-state index in [1.165, 1.54) is 5.56 Å². The predicted molar refractivity (Wildman–Crippen MR) is 125 cm³/mol. The molecule has 1 aliphatic rings. The van der Waals surface area contributed by atoms with E-state index in [9.17, 15) is 9.90 Å². The minimum atomic E-state index is -1.01. The van der Waals surface area contributed by atoms with E-state index in [0.717, 1.165) is 55.5 Å². The normalized spacial score (nSPS) is 17.1.